The van der Waals surface area contributed by atoms with Gasteiger partial charge in [0.05, 0.1) is 5.52 Å². The topological polar surface area (TPSA) is 67.6 Å². The molecule has 0 atom stereocenters. The van der Waals surface area contributed by atoms with Crippen LogP contribution in [0.15, 0.2) is 60.8 Å². The fraction of sp³-hybridized carbons (Fsp3) is 0.154. The highest BCUT2D eigenvalue weighted by atomic mass is 16.7. The quantitative estimate of drug-likeness (QED) is 0.395. The number of aromatic nitrogens is 3. The predicted octanol–water partition coefficient (Wildman–Crippen LogP) is 5.02. The van der Waals surface area contributed by atoms with Gasteiger partial charge < -0.3 is 23.5 Å². The minimum Gasteiger partial charge on any atom is -0.454 e. The summed E-state index contributed by atoms with van der Waals surface area (Å²) < 4.78 is 24.6. The second-order valence-corrected chi connectivity index (χ2v) is 8.34. The highest BCUT2D eigenvalue weighted by Gasteiger charge is 2.25. The third kappa shape index (κ3) is 2.89. The Morgan fingerprint density at radius 3 is 2.27 bits per heavy atom. The van der Waals surface area contributed by atoms with Gasteiger partial charge in [0.25, 0.3) is 0 Å². The largest absolute Gasteiger partial charge is 0.454 e. The summed E-state index contributed by atoms with van der Waals surface area (Å²) in [6.45, 7) is 3.26. The van der Waals surface area contributed by atoms with E-state index in [9.17, 15) is 0 Å². The van der Waals surface area contributed by atoms with Gasteiger partial charge in [-0.1, -0.05) is 29.8 Å². The van der Waals surface area contributed by atoms with E-state index in [1.165, 1.54) is 11.1 Å². The second kappa shape index (κ2) is 6.87. The molecule has 0 spiro atoms. The van der Waals surface area contributed by atoms with Crippen molar-refractivity contribution in [2.45, 2.75) is 13.5 Å². The fourth-order valence-corrected chi connectivity index (χ4v) is 4.50. The van der Waals surface area contributed by atoms with Gasteiger partial charge in [0.2, 0.25) is 13.6 Å². The van der Waals surface area contributed by atoms with Gasteiger partial charge in [-0.3, -0.25) is 0 Å². The van der Waals surface area contributed by atoms with Crippen LogP contribution in [0.25, 0.3) is 33.4 Å². The fourth-order valence-electron chi connectivity index (χ4n) is 4.50. The van der Waals surface area contributed by atoms with Crippen molar-refractivity contribution in [3.8, 4) is 45.5 Å². The van der Waals surface area contributed by atoms with Crippen LogP contribution in [0.3, 0.4) is 0 Å². The molecule has 0 amide bonds. The summed E-state index contributed by atoms with van der Waals surface area (Å²) in [5, 5.41) is 10.1. The van der Waals surface area contributed by atoms with Crippen LogP contribution in [0, 0.1) is 6.92 Å². The zero-order valence-electron chi connectivity index (χ0n) is 17.9. The van der Waals surface area contributed by atoms with Crippen LogP contribution in [-0.4, -0.2) is 28.4 Å². The molecular formula is C26H19N3O4. The van der Waals surface area contributed by atoms with E-state index in [-0.39, 0.29) is 13.6 Å². The van der Waals surface area contributed by atoms with Crippen LogP contribution in [0.1, 0.15) is 11.1 Å². The third-order valence-corrected chi connectivity index (χ3v) is 6.22. The molecule has 0 radical (unpaired) electrons. The molecular weight excluding hydrogens is 418 g/mol. The Morgan fingerprint density at radius 1 is 0.758 bits per heavy atom. The maximum Gasteiger partial charge on any atom is 0.231 e. The molecule has 0 unspecified atom stereocenters. The lowest BCUT2D eigenvalue weighted by atomic mass is 10.0. The molecule has 33 heavy (non-hydrogen) atoms. The first-order chi connectivity index (χ1) is 16.2. The molecule has 0 saturated carbocycles. The van der Waals surface area contributed by atoms with Crippen LogP contribution in [0.5, 0.6) is 23.0 Å². The Labute approximate surface area is 189 Å². The minimum atomic E-state index is 0.224. The number of benzene rings is 3. The summed E-state index contributed by atoms with van der Waals surface area (Å²) in [7, 11) is 0. The smallest absolute Gasteiger partial charge is 0.231 e. The monoisotopic (exact) mass is 437 g/mol. The van der Waals surface area contributed by atoms with Gasteiger partial charge in [-0.15, -0.1) is 10.2 Å². The highest BCUT2D eigenvalue weighted by Crippen LogP contribution is 2.44. The van der Waals surface area contributed by atoms with Crippen LogP contribution in [0.2, 0.25) is 0 Å². The zero-order chi connectivity index (χ0) is 21.9. The first-order valence-corrected chi connectivity index (χ1v) is 10.8. The maximum atomic E-state index is 5.66. The van der Waals surface area contributed by atoms with E-state index >= 15 is 0 Å². The Hall–Kier alpha value is -4.26. The Bertz CT molecular complexity index is 1510. The summed E-state index contributed by atoms with van der Waals surface area (Å²) in [6, 6.07) is 18.5. The van der Waals surface area contributed by atoms with Crippen LogP contribution in [-0.2, 0) is 6.54 Å². The molecule has 3 aromatic rings. The molecule has 0 bridgehead atoms. The van der Waals surface area contributed by atoms with Gasteiger partial charge in [0, 0.05) is 35.3 Å². The number of hydrogen-bond donors (Lipinski definition) is 0. The number of ether oxygens (including phenoxy) is 4. The van der Waals surface area contributed by atoms with Gasteiger partial charge in [0.1, 0.15) is 11.4 Å². The molecule has 0 aromatic heterocycles. The third-order valence-electron chi connectivity index (χ3n) is 6.22. The average molecular weight is 437 g/mol. The van der Waals surface area contributed by atoms with Gasteiger partial charge in [-0.25, -0.2) is 0 Å². The molecule has 0 N–H and O–H groups in total. The zero-order valence-corrected chi connectivity index (χ0v) is 17.9. The van der Waals surface area contributed by atoms with E-state index < -0.39 is 0 Å². The molecule has 7 heteroatoms. The summed E-state index contributed by atoms with van der Waals surface area (Å²) in [5.74, 6) is 2.94. The van der Waals surface area contributed by atoms with E-state index in [4.69, 9.17) is 18.9 Å². The summed E-state index contributed by atoms with van der Waals surface area (Å²) in [6.07, 6.45) is 2.12. The molecule has 7 rings (SSSR count). The van der Waals surface area contributed by atoms with Gasteiger partial charge in [-0.2, -0.15) is 0 Å². The first kappa shape index (κ1) is 18.3. The normalized spacial score (nSPS) is 13.8. The Balaban J connectivity index is 1.44. The molecule has 0 aliphatic carbocycles. The summed E-state index contributed by atoms with van der Waals surface area (Å²) >= 11 is 0. The van der Waals surface area contributed by atoms with E-state index in [1.807, 2.05) is 30.3 Å². The molecule has 0 fully saturated rings. The van der Waals surface area contributed by atoms with Crippen molar-refractivity contribution in [2.75, 3.05) is 13.6 Å². The van der Waals surface area contributed by atoms with Crippen molar-refractivity contribution in [2.24, 2.45) is 0 Å². The molecule has 162 valence electrons. The highest BCUT2D eigenvalue weighted by molar-refractivity contribution is 5.99. The number of fused-ring (bicyclic) bond motifs is 5. The Morgan fingerprint density at radius 2 is 1.45 bits per heavy atom. The molecule has 4 heterocycles. The standard InChI is InChI=1S/C26H19N3O4/c1-15-2-4-16(5-3-15)11-29-12-19-25(17-6-7-21-22(8-17)31-13-30-21)27-28-26(19)18-9-23-24(10-20(18)29)33-14-32-23/h2-10,12H,11,13-14H2,1H3. The van der Waals surface area contributed by atoms with Gasteiger partial charge in [0.15, 0.2) is 23.0 Å². The summed E-state index contributed by atoms with van der Waals surface area (Å²) in [5.41, 5.74) is 7.00. The molecule has 4 aliphatic heterocycles. The summed E-state index contributed by atoms with van der Waals surface area (Å²) in [4.78, 5) is 0. The van der Waals surface area contributed by atoms with E-state index in [1.54, 1.807) is 0 Å². The number of hydrogen-bond acceptors (Lipinski definition) is 6. The number of nitrogens with zero attached hydrogens (tertiary/aromatic N) is 3. The van der Waals surface area contributed by atoms with Crippen molar-refractivity contribution >= 4 is 10.9 Å². The van der Waals surface area contributed by atoms with Crippen LogP contribution >= 0.6 is 0 Å². The number of pyridine rings is 1. The van der Waals surface area contributed by atoms with Crippen molar-refractivity contribution in [1.29, 1.82) is 0 Å². The second-order valence-electron chi connectivity index (χ2n) is 8.34. The Kier molecular flexibility index (Phi) is 3.81. The lowest BCUT2D eigenvalue weighted by Crippen LogP contribution is -2.04. The first-order valence-electron chi connectivity index (χ1n) is 10.8. The van der Waals surface area contributed by atoms with Crippen molar-refractivity contribution in [3.05, 3.63) is 71.9 Å². The van der Waals surface area contributed by atoms with Crippen molar-refractivity contribution in [1.82, 2.24) is 14.8 Å². The lowest BCUT2D eigenvalue weighted by molar-refractivity contribution is 0.173. The lowest BCUT2D eigenvalue weighted by Gasteiger charge is -2.16. The van der Waals surface area contributed by atoms with E-state index in [2.05, 4.69) is 52.2 Å². The average Bonchev–Trinajstić information content (AvgIpc) is 3.58. The van der Waals surface area contributed by atoms with Crippen LogP contribution < -0.4 is 18.9 Å². The van der Waals surface area contributed by atoms with E-state index in [0.717, 1.165) is 56.4 Å². The van der Waals surface area contributed by atoms with Crippen molar-refractivity contribution < 1.29 is 18.9 Å². The number of rotatable bonds is 3. The van der Waals surface area contributed by atoms with Crippen molar-refractivity contribution in [3.63, 3.8) is 0 Å². The van der Waals surface area contributed by atoms with Crippen LogP contribution in [0.4, 0.5) is 0 Å². The SMILES string of the molecule is Cc1ccc(Cn2cc3c(-c4ccc5c(c4)OCO5)nnc-3c3cc4c(cc32)OCO4)cc1. The van der Waals surface area contributed by atoms with E-state index in [0.29, 0.717) is 6.54 Å². The molecule has 4 aliphatic rings. The van der Waals surface area contributed by atoms with Gasteiger partial charge >= 0.3 is 0 Å². The van der Waals surface area contributed by atoms with Gasteiger partial charge in [-0.05, 0) is 36.8 Å². The molecule has 0 saturated heterocycles. The number of aryl methyl sites for hydroxylation is 1. The minimum absolute atomic E-state index is 0.224. The molecule has 7 nitrogen and oxygen atoms in total. The molecule has 3 aromatic carbocycles. The predicted molar refractivity (Wildman–Crippen MR) is 122 cm³/mol. The maximum absolute atomic E-state index is 5.66.